The van der Waals surface area contributed by atoms with E-state index in [0.29, 0.717) is 17.3 Å². The smallest absolute Gasteiger partial charge is 0.242 e. The first-order valence-electron chi connectivity index (χ1n) is 6.37. The van der Waals surface area contributed by atoms with Crippen molar-refractivity contribution >= 4 is 23.3 Å². The minimum Gasteiger partial charge on any atom is -0.320 e. The van der Waals surface area contributed by atoms with Crippen molar-refractivity contribution in [3.8, 4) is 0 Å². The van der Waals surface area contributed by atoms with E-state index < -0.39 is 6.04 Å². The quantitative estimate of drug-likeness (QED) is 0.889. The maximum absolute atomic E-state index is 11.9. The standard InChI is InChI=1S/C15H16ClN3O/c16-12-8-9-18-14(10-12)19-15(20)13(17)7-6-11-4-2-1-3-5-11/h1-5,8-10,13H,6-7,17H2,(H,18,19,20)/t13-/m0/s1. The van der Waals surface area contributed by atoms with E-state index in [4.69, 9.17) is 17.3 Å². The molecule has 104 valence electrons. The van der Waals surface area contributed by atoms with Gasteiger partial charge >= 0.3 is 0 Å². The Kier molecular flexibility index (Phi) is 5.09. The van der Waals surface area contributed by atoms with Crippen LogP contribution in [0.2, 0.25) is 5.02 Å². The Hall–Kier alpha value is -1.91. The summed E-state index contributed by atoms with van der Waals surface area (Å²) in [7, 11) is 0. The average Bonchev–Trinajstić information content (AvgIpc) is 2.46. The summed E-state index contributed by atoms with van der Waals surface area (Å²) in [6.45, 7) is 0. The molecule has 1 heterocycles. The maximum Gasteiger partial charge on any atom is 0.242 e. The molecule has 0 saturated carbocycles. The highest BCUT2D eigenvalue weighted by Crippen LogP contribution is 2.12. The summed E-state index contributed by atoms with van der Waals surface area (Å²) in [5.41, 5.74) is 7.04. The van der Waals surface area contributed by atoms with Gasteiger partial charge in [-0.1, -0.05) is 41.9 Å². The molecule has 0 bridgehead atoms. The van der Waals surface area contributed by atoms with Crippen molar-refractivity contribution in [2.24, 2.45) is 5.73 Å². The number of nitrogens with two attached hydrogens (primary N) is 1. The Labute approximate surface area is 123 Å². The first kappa shape index (κ1) is 14.5. The zero-order valence-corrected chi connectivity index (χ0v) is 11.7. The number of hydrogen-bond donors (Lipinski definition) is 2. The van der Waals surface area contributed by atoms with E-state index in [2.05, 4.69) is 10.3 Å². The number of hydrogen-bond acceptors (Lipinski definition) is 3. The van der Waals surface area contributed by atoms with E-state index >= 15 is 0 Å². The van der Waals surface area contributed by atoms with Crippen LogP contribution in [0.25, 0.3) is 0 Å². The number of aromatic nitrogens is 1. The van der Waals surface area contributed by atoms with Crippen LogP contribution in [0, 0.1) is 0 Å². The molecule has 0 radical (unpaired) electrons. The predicted molar refractivity (Wildman–Crippen MR) is 80.6 cm³/mol. The maximum atomic E-state index is 11.9. The largest absolute Gasteiger partial charge is 0.320 e. The molecule has 1 amide bonds. The molecule has 1 aromatic carbocycles. The van der Waals surface area contributed by atoms with Gasteiger partial charge in [-0.15, -0.1) is 0 Å². The molecule has 20 heavy (non-hydrogen) atoms. The van der Waals surface area contributed by atoms with Crippen molar-refractivity contribution in [3.63, 3.8) is 0 Å². The second-order valence-electron chi connectivity index (χ2n) is 4.48. The highest BCUT2D eigenvalue weighted by Gasteiger charge is 2.14. The van der Waals surface area contributed by atoms with Crippen molar-refractivity contribution in [2.75, 3.05) is 5.32 Å². The van der Waals surface area contributed by atoms with Crippen LogP contribution in [0.5, 0.6) is 0 Å². The molecule has 0 fully saturated rings. The van der Waals surface area contributed by atoms with E-state index in [-0.39, 0.29) is 5.91 Å². The number of carbonyl (C=O) groups is 1. The fourth-order valence-electron chi connectivity index (χ4n) is 1.79. The molecule has 0 saturated heterocycles. The normalized spacial score (nSPS) is 11.9. The average molecular weight is 290 g/mol. The molecule has 2 aromatic rings. The number of nitrogens with one attached hydrogen (secondary N) is 1. The van der Waals surface area contributed by atoms with E-state index in [1.165, 1.54) is 6.20 Å². The summed E-state index contributed by atoms with van der Waals surface area (Å²) >= 11 is 5.83. The Balaban J connectivity index is 1.86. The number of aryl methyl sites for hydroxylation is 1. The Morgan fingerprint density at radius 2 is 2.05 bits per heavy atom. The molecular weight excluding hydrogens is 274 g/mol. The van der Waals surface area contributed by atoms with Crippen molar-refractivity contribution in [1.82, 2.24) is 4.98 Å². The van der Waals surface area contributed by atoms with E-state index in [0.717, 1.165) is 12.0 Å². The highest BCUT2D eigenvalue weighted by molar-refractivity contribution is 6.30. The van der Waals surface area contributed by atoms with Crippen molar-refractivity contribution < 1.29 is 4.79 Å². The number of anilines is 1. The minimum absolute atomic E-state index is 0.254. The fraction of sp³-hybridized carbons (Fsp3) is 0.200. The molecule has 0 aliphatic rings. The number of halogens is 1. The Morgan fingerprint density at radius 3 is 2.75 bits per heavy atom. The van der Waals surface area contributed by atoms with Gasteiger partial charge in [-0.2, -0.15) is 0 Å². The van der Waals surface area contributed by atoms with Crippen LogP contribution in [0.15, 0.2) is 48.7 Å². The number of pyridine rings is 1. The molecule has 0 unspecified atom stereocenters. The van der Waals surface area contributed by atoms with E-state index in [1.807, 2.05) is 30.3 Å². The lowest BCUT2D eigenvalue weighted by molar-refractivity contribution is -0.117. The van der Waals surface area contributed by atoms with Gasteiger partial charge in [-0.05, 0) is 30.5 Å². The van der Waals surface area contributed by atoms with Crippen LogP contribution in [-0.2, 0) is 11.2 Å². The molecule has 2 rings (SSSR count). The zero-order valence-electron chi connectivity index (χ0n) is 10.9. The van der Waals surface area contributed by atoms with Crippen molar-refractivity contribution in [1.29, 1.82) is 0 Å². The van der Waals surface area contributed by atoms with Gasteiger partial charge in [0.15, 0.2) is 0 Å². The van der Waals surface area contributed by atoms with Crippen LogP contribution < -0.4 is 11.1 Å². The molecule has 4 nitrogen and oxygen atoms in total. The molecule has 1 aromatic heterocycles. The number of nitrogens with zero attached hydrogens (tertiary/aromatic N) is 1. The van der Waals surface area contributed by atoms with Crippen LogP contribution in [0.1, 0.15) is 12.0 Å². The minimum atomic E-state index is -0.573. The third kappa shape index (κ3) is 4.33. The van der Waals surface area contributed by atoms with Crippen LogP contribution >= 0.6 is 11.6 Å². The molecule has 3 N–H and O–H groups in total. The van der Waals surface area contributed by atoms with Gasteiger partial charge in [-0.25, -0.2) is 4.98 Å². The van der Waals surface area contributed by atoms with Gasteiger partial charge in [0.25, 0.3) is 0 Å². The van der Waals surface area contributed by atoms with Crippen molar-refractivity contribution in [2.45, 2.75) is 18.9 Å². The summed E-state index contributed by atoms with van der Waals surface area (Å²) in [6, 6.07) is 12.6. The third-order valence-electron chi connectivity index (χ3n) is 2.90. The third-order valence-corrected chi connectivity index (χ3v) is 3.13. The monoisotopic (exact) mass is 289 g/mol. The Morgan fingerprint density at radius 1 is 1.30 bits per heavy atom. The summed E-state index contributed by atoms with van der Waals surface area (Å²) in [5.74, 6) is 0.161. The highest BCUT2D eigenvalue weighted by atomic mass is 35.5. The van der Waals surface area contributed by atoms with Gasteiger partial charge in [0.1, 0.15) is 5.82 Å². The zero-order chi connectivity index (χ0) is 14.4. The molecule has 0 aliphatic heterocycles. The summed E-state index contributed by atoms with van der Waals surface area (Å²) in [6.07, 6.45) is 2.88. The second-order valence-corrected chi connectivity index (χ2v) is 4.92. The summed E-state index contributed by atoms with van der Waals surface area (Å²) < 4.78 is 0. The summed E-state index contributed by atoms with van der Waals surface area (Å²) in [4.78, 5) is 15.9. The molecule has 0 spiro atoms. The van der Waals surface area contributed by atoms with Gasteiger partial charge in [-0.3, -0.25) is 4.79 Å². The van der Waals surface area contributed by atoms with Gasteiger partial charge in [0, 0.05) is 11.2 Å². The lowest BCUT2D eigenvalue weighted by Gasteiger charge is -2.11. The lowest BCUT2D eigenvalue weighted by atomic mass is 10.1. The van der Waals surface area contributed by atoms with Crippen molar-refractivity contribution in [3.05, 3.63) is 59.2 Å². The number of amides is 1. The van der Waals surface area contributed by atoms with Gasteiger partial charge < -0.3 is 11.1 Å². The van der Waals surface area contributed by atoms with Gasteiger partial charge in [0.2, 0.25) is 5.91 Å². The van der Waals surface area contributed by atoms with Gasteiger partial charge in [0.05, 0.1) is 6.04 Å². The molecular formula is C15H16ClN3O. The second kappa shape index (κ2) is 7.03. The number of benzene rings is 1. The molecule has 1 atom stereocenters. The number of carbonyl (C=O) groups excluding carboxylic acids is 1. The SMILES string of the molecule is N[C@@H](CCc1ccccc1)C(=O)Nc1cc(Cl)ccn1. The molecule has 0 aliphatic carbocycles. The van der Waals surface area contributed by atoms with E-state index in [1.54, 1.807) is 12.1 Å². The Bertz CT molecular complexity index is 574. The van der Waals surface area contributed by atoms with Crippen LogP contribution in [0.3, 0.4) is 0 Å². The number of rotatable bonds is 5. The topological polar surface area (TPSA) is 68.0 Å². The summed E-state index contributed by atoms with van der Waals surface area (Å²) in [5, 5.41) is 3.18. The van der Waals surface area contributed by atoms with Crippen LogP contribution in [-0.4, -0.2) is 16.9 Å². The first-order valence-corrected chi connectivity index (χ1v) is 6.75. The molecule has 5 heteroatoms. The first-order chi connectivity index (χ1) is 9.65. The lowest BCUT2D eigenvalue weighted by Crippen LogP contribution is -2.36. The van der Waals surface area contributed by atoms with E-state index in [9.17, 15) is 4.79 Å². The predicted octanol–water partition coefficient (Wildman–Crippen LogP) is 2.63. The fourth-order valence-corrected chi connectivity index (χ4v) is 1.95. The van der Waals surface area contributed by atoms with Crippen LogP contribution in [0.4, 0.5) is 5.82 Å².